The molecule has 0 N–H and O–H groups in total. The molecule has 7 nitrogen and oxygen atoms in total. The second-order valence-corrected chi connectivity index (χ2v) is 7.80. The van der Waals surface area contributed by atoms with E-state index < -0.39 is 0 Å². The number of halogens is 1. The average Bonchev–Trinajstić information content (AvgIpc) is 3.30. The van der Waals surface area contributed by atoms with E-state index in [-0.39, 0.29) is 17.6 Å². The zero-order chi connectivity index (χ0) is 21.2. The molecule has 160 valence electrons. The van der Waals surface area contributed by atoms with E-state index in [4.69, 9.17) is 14.0 Å². The van der Waals surface area contributed by atoms with Crippen molar-refractivity contribution in [3.8, 4) is 22.9 Å². The number of aromatic nitrogens is 2. The lowest BCUT2D eigenvalue weighted by Crippen LogP contribution is -2.40. The van der Waals surface area contributed by atoms with Crippen LogP contribution in [0.2, 0.25) is 0 Å². The van der Waals surface area contributed by atoms with Crippen molar-refractivity contribution in [3.63, 3.8) is 0 Å². The van der Waals surface area contributed by atoms with Gasteiger partial charge in [0.15, 0.2) is 11.5 Å². The maximum atomic E-state index is 13.5. The van der Waals surface area contributed by atoms with Gasteiger partial charge in [-0.25, -0.2) is 4.39 Å². The van der Waals surface area contributed by atoms with Crippen molar-refractivity contribution < 1.29 is 23.2 Å². The summed E-state index contributed by atoms with van der Waals surface area (Å²) in [4.78, 5) is 19.2. The number of benzene rings is 2. The molecule has 3 aromatic rings. The van der Waals surface area contributed by atoms with Gasteiger partial charge in [-0.15, -0.1) is 0 Å². The van der Waals surface area contributed by atoms with Gasteiger partial charge in [0.2, 0.25) is 17.6 Å². The Balaban J connectivity index is 1.26. The van der Waals surface area contributed by atoms with Crippen LogP contribution in [0.3, 0.4) is 0 Å². The van der Waals surface area contributed by atoms with Crippen molar-refractivity contribution in [1.82, 2.24) is 15.0 Å². The second-order valence-electron chi connectivity index (χ2n) is 7.80. The SMILES string of the molecule is O=C(Cc1ccc2c(c1)OCCO2)N1CCCC(c2nc(-c3cccc(F)c3)no2)C1. The Kier molecular flexibility index (Phi) is 5.28. The Morgan fingerprint density at radius 2 is 2.00 bits per heavy atom. The summed E-state index contributed by atoms with van der Waals surface area (Å²) in [5.74, 6) is 1.90. The fraction of sp³-hybridized carbons (Fsp3) is 0.348. The van der Waals surface area contributed by atoms with Gasteiger partial charge in [-0.05, 0) is 42.7 Å². The van der Waals surface area contributed by atoms with E-state index in [2.05, 4.69) is 10.1 Å². The van der Waals surface area contributed by atoms with Crippen LogP contribution < -0.4 is 9.47 Å². The van der Waals surface area contributed by atoms with E-state index in [1.807, 2.05) is 23.1 Å². The minimum atomic E-state index is -0.350. The minimum absolute atomic E-state index is 0.0345. The fourth-order valence-corrected chi connectivity index (χ4v) is 4.04. The normalized spacial score (nSPS) is 18.1. The Hall–Kier alpha value is -3.42. The van der Waals surface area contributed by atoms with Gasteiger partial charge in [-0.1, -0.05) is 23.4 Å². The van der Waals surface area contributed by atoms with Crippen molar-refractivity contribution >= 4 is 5.91 Å². The summed E-state index contributed by atoms with van der Waals surface area (Å²) in [6.07, 6.45) is 2.01. The molecule has 1 aromatic heterocycles. The van der Waals surface area contributed by atoms with Crippen molar-refractivity contribution in [2.75, 3.05) is 26.3 Å². The van der Waals surface area contributed by atoms with Crippen LogP contribution in [0, 0.1) is 5.82 Å². The van der Waals surface area contributed by atoms with Crippen LogP contribution in [0.1, 0.15) is 30.2 Å². The molecule has 2 aliphatic rings. The smallest absolute Gasteiger partial charge is 0.231 e. The van der Waals surface area contributed by atoms with Gasteiger partial charge in [-0.2, -0.15) is 4.98 Å². The Morgan fingerprint density at radius 1 is 1.13 bits per heavy atom. The van der Waals surface area contributed by atoms with Crippen LogP contribution >= 0.6 is 0 Å². The number of ether oxygens (including phenoxy) is 2. The summed E-state index contributed by atoms with van der Waals surface area (Å²) < 4.78 is 30.1. The van der Waals surface area contributed by atoms with Gasteiger partial charge < -0.3 is 18.9 Å². The van der Waals surface area contributed by atoms with E-state index in [9.17, 15) is 9.18 Å². The van der Waals surface area contributed by atoms with Crippen LogP contribution in [-0.2, 0) is 11.2 Å². The molecule has 1 amide bonds. The fourth-order valence-electron chi connectivity index (χ4n) is 4.04. The minimum Gasteiger partial charge on any atom is -0.486 e. The first-order valence-electron chi connectivity index (χ1n) is 10.4. The number of nitrogens with zero attached hydrogens (tertiary/aromatic N) is 3. The summed E-state index contributed by atoms with van der Waals surface area (Å²) in [6.45, 7) is 2.27. The molecule has 1 fully saturated rings. The number of amides is 1. The molecule has 1 unspecified atom stereocenters. The van der Waals surface area contributed by atoms with Crippen LogP contribution in [-0.4, -0.2) is 47.3 Å². The van der Waals surface area contributed by atoms with E-state index in [0.717, 1.165) is 18.4 Å². The highest BCUT2D eigenvalue weighted by Crippen LogP contribution is 2.32. The predicted octanol–water partition coefficient (Wildman–Crippen LogP) is 3.60. The molecule has 2 aliphatic heterocycles. The summed E-state index contributed by atoms with van der Waals surface area (Å²) >= 11 is 0. The molecular formula is C23H22FN3O4. The molecular weight excluding hydrogens is 401 g/mol. The highest BCUT2D eigenvalue weighted by Gasteiger charge is 2.29. The third-order valence-corrected chi connectivity index (χ3v) is 5.61. The molecule has 31 heavy (non-hydrogen) atoms. The summed E-state index contributed by atoms with van der Waals surface area (Å²) in [5.41, 5.74) is 1.46. The summed E-state index contributed by atoms with van der Waals surface area (Å²) in [6, 6.07) is 11.7. The highest BCUT2D eigenvalue weighted by molar-refractivity contribution is 5.79. The maximum absolute atomic E-state index is 13.5. The van der Waals surface area contributed by atoms with Crippen LogP contribution in [0.15, 0.2) is 47.0 Å². The Bertz CT molecular complexity index is 1100. The number of fused-ring (bicyclic) bond motifs is 1. The molecule has 0 saturated carbocycles. The van der Waals surface area contributed by atoms with Gasteiger partial charge in [0, 0.05) is 18.7 Å². The zero-order valence-electron chi connectivity index (χ0n) is 16.9. The summed E-state index contributed by atoms with van der Waals surface area (Å²) in [5, 5.41) is 4.00. The van der Waals surface area contributed by atoms with Crippen molar-refractivity contribution in [1.29, 1.82) is 0 Å². The molecule has 0 spiro atoms. The van der Waals surface area contributed by atoms with Crippen LogP contribution in [0.4, 0.5) is 4.39 Å². The Labute approximate surface area is 178 Å². The number of rotatable bonds is 4. The molecule has 0 bridgehead atoms. The van der Waals surface area contributed by atoms with Crippen molar-refractivity contribution in [2.24, 2.45) is 0 Å². The lowest BCUT2D eigenvalue weighted by molar-refractivity contribution is -0.131. The highest BCUT2D eigenvalue weighted by atomic mass is 19.1. The lowest BCUT2D eigenvalue weighted by atomic mass is 9.97. The summed E-state index contributed by atoms with van der Waals surface area (Å²) in [7, 11) is 0. The van der Waals surface area contributed by atoms with E-state index in [0.29, 0.717) is 61.5 Å². The molecule has 1 saturated heterocycles. The van der Waals surface area contributed by atoms with E-state index >= 15 is 0 Å². The third-order valence-electron chi connectivity index (χ3n) is 5.61. The van der Waals surface area contributed by atoms with Crippen LogP contribution in [0.5, 0.6) is 11.5 Å². The first-order valence-corrected chi connectivity index (χ1v) is 10.4. The first kappa shape index (κ1) is 19.5. The molecule has 1 atom stereocenters. The van der Waals surface area contributed by atoms with Gasteiger partial charge in [-0.3, -0.25) is 4.79 Å². The average molecular weight is 423 g/mol. The Morgan fingerprint density at radius 3 is 2.87 bits per heavy atom. The quantitative estimate of drug-likeness (QED) is 0.638. The van der Waals surface area contributed by atoms with Gasteiger partial charge in [0.25, 0.3) is 0 Å². The number of likely N-dealkylation sites (tertiary alicyclic amines) is 1. The first-order chi connectivity index (χ1) is 15.2. The maximum Gasteiger partial charge on any atom is 0.231 e. The third kappa shape index (κ3) is 4.23. The molecule has 3 heterocycles. The molecule has 5 rings (SSSR count). The topological polar surface area (TPSA) is 77.7 Å². The van der Waals surface area contributed by atoms with Gasteiger partial charge >= 0.3 is 0 Å². The second kappa shape index (κ2) is 8.37. The number of hydrogen-bond acceptors (Lipinski definition) is 6. The molecule has 2 aromatic carbocycles. The lowest BCUT2D eigenvalue weighted by Gasteiger charge is -2.31. The molecule has 8 heteroatoms. The number of piperidine rings is 1. The van der Waals surface area contributed by atoms with E-state index in [1.54, 1.807) is 12.1 Å². The van der Waals surface area contributed by atoms with Gasteiger partial charge in [0.1, 0.15) is 19.0 Å². The predicted molar refractivity (Wildman–Crippen MR) is 109 cm³/mol. The van der Waals surface area contributed by atoms with Crippen molar-refractivity contribution in [3.05, 3.63) is 59.7 Å². The molecule has 0 aliphatic carbocycles. The molecule has 0 radical (unpaired) electrons. The monoisotopic (exact) mass is 423 g/mol. The zero-order valence-corrected chi connectivity index (χ0v) is 16.9. The van der Waals surface area contributed by atoms with Crippen molar-refractivity contribution in [2.45, 2.75) is 25.2 Å². The van der Waals surface area contributed by atoms with Crippen LogP contribution in [0.25, 0.3) is 11.4 Å². The number of hydrogen-bond donors (Lipinski definition) is 0. The largest absolute Gasteiger partial charge is 0.486 e. The standard InChI is InChI=1S/C23H22FN3O4/c24-18-5-1-3-16(13-18)22-25-23(31-26-22)17-4-2-8-27(14-17)21(28)12-15-6-7-19-20(11-15)30-10-9-29-19/h1,3,5-7,11,13,17H,2,4,8-10,12,14H2. The number of carbonyl (C=O) groups excluding carboxylic acids is 1. The van der Waals surface area contributed by atoms with Gasteiger partial charge in [0.05, 0.1) is 12.3 Å². The number of carbonyl (C=O) groups is 1. The van der Waals surface area contributed by atoms with E-state index in [1.165, 1.54) is 12.1 Å².